The first-order valence-electron chi connectivity index (χ1n) is 11.3. The van der Waals surface area contributed by atoms with Gasteiger partial charge in [-0.05, 0) is 60.5 Å². The van der Waals surface area contributed by atoms with Crippen LogP contribution in [0.5, 0.6) is 11.6 Å². The van der Waals surface area contributed by atoms with Crippen LogP contribution in [-0.2, 0) is 0 Å². The van der Waals surface area contributed by atoms with Gasteiger partial charge in [-0.15, -0.1) is 0 Å². The molecule has 0 bridgehead atoms. The minimum atomic E-state index is 0.0217. The molecule has 3 N–H and O–H groups in total. The quantitative estimate of drug-likeness (QED) is 0.194. The summed E-state index contributed by atoms with van der Waals surface area (Å²) in [5.41, 5.74) is 5.34. The number of imidazole rings is 1. The van der Waals surface area contributed by atoms with Crippen molar-refractivity contribution < 1.29 is 14.9 Å². The van der Waals surface area contributed by atoms with Crippen molar-refractivity contribution in [1.82, 2.24) is 19.5 Å². The summed E-state index contributed by atoms with van der Waals surface area (Å²) in [6, 6.07) is 19.9. The normalized spacial score (nSPS) is 11.1. The second-order valence-electron chi connectivity index (χ2n) is 8.09. The summed E-state index contributed by atoms with van der Waals surface area (Å²) in [6.45, 7) is 0.783. The molecule has 35 heavy (non-hydrogen) atoms. The average molecular weight is 485 g/mol. The lowest BCUT2D eigenvalue weighted by molar-refractivity contribution is 0.253. The minimum absolute atomic E-state index is 0.0217. The molecular weight excluding hydrogens is 460 g/mol. The molecule has 0 radical (unpaired) electrons. The lowest BCUT2D eigenvalue weighted by Crippen LogP contribution is -1.98. The molecule has 5 rings (SSSR count). The zero-order valence-corrected chi connectivity index (χ0v) is 19.7. The number of aromatic amines is 1. The smallest absolute Gasteiger partial charge is 0.214 e. The van der Waals surface area contributed by atoms with E-state index in [1.807, 2.05) is 48.5 Å². The molecule has 0 spiro atoms. The summed E-state index contributed by atoms with van der Waals surface area (Å²) in [5.74, 6) is 0.839. The summed E-state index contributed by atoms with van der Waals surface area (Å²) in [7, 11) is 0. The number of rotatable bonds is 8. The average Bonchev–Trinajstić information content (AvgIpc) is 3.24. The topological polar surface area (TPSA) is 96.2 Å². The molecule has 0 amide bonds. The Bertz CT molecular complexity index is 1510. The van der Waals surface area contributed by atoms with Crippen LogP contribution >= 0.6 is 12.2 Å². The summed E-state index contributed by atoms with van der Waals surface area (Å²) in [5, 5.41) is 20.0. The highest BCUT2D eigenvalue weighted by atomic mass is 32.1. The van der Waals surface area contributed by atoms with Gasteiger partial charge in [0.15, 0.2) is 4.77 Å². The number of nitrogens with zero attached hydrogens (tertiary/aromatic N) is 3. The van der Waals surface area contributed by atoms with Gasteiger partial charge in [0, 0.05) is 30.0 Å². The maximum atomic E-state index is 10.4. The molecule has 7 nitrogen and oxygen atoms in total. The zero-order valence-electron chi connectivity index (χ0n) is 18.9. The molecule has 176 valence electrons. The first-order valence-corrected chi connectivity index (χ1v) is 11.7. The number of ether oxygens (including phenoxy) is 1. The number of H-pyrrole nitrogens is 1. The fourth-order valence-corrected chi connectivity index (χ4v) is 4.21. The Morgan fingerprint density at radius 2 is 1.66 bits per heavy atom. The molecule has 3 heterocycles. The van der Waals surface area contributed by atoms with E-state index in [1.165, 1.54) is 6.20 Å². The van der Waals surface area contributed by atoms with E-state index in [-0.39, 0.29) is 12.5 Å². The van der Waals surface area contributed by atoms with Crippen LogP contribution in [-0.4, -0.2) is 42.9 Å². The number of unbranched alkanes of at least 4 members (excludes halogenated alkanes) is 1. The molecule has 0 aliphatic rings. The van der Waals surface area contributed by atoms with E-state index in [4.69, 9.17) is 27.0 Å². The van der Waals surface area contributed by atoms with Crippen LogP contribution in [0, 0.1) is 4.77 Å². The number of pyridine rings is 2. The molecule has 0 saturated carbocycles. The van der Waals surface area contributed by atoms with Gasteiger partial charge >= 0.3 is 0 Å². The molecular formula is C27H24N4O3S. The Morgan fingerprint density at radius 3 is 2.34 bits per heavy atom. The van der Waals surface area contributed by atoms with Crippen LogP contribution in [0.2, 0.25) is 0 Å². The van der Waals surface area contributed by atoms with Gasteiger partial charge in [0.25, 0.3) is 0 Å². The van der Waals surface area contributed by atoms with Gasteiger partial charge < -0.3 is 19.9 Å². The highest BCUT2D eigenvalue weighted by Crippen LogP contribution is 2.31. The van der Waals surface area contributed by atoms with Crippen LogP contribution in [0.25, 0.3) is 39.0 Å². The highest BCUT2D eigenvalue weighted by molar-refractivity contribution is 7.71. The number of aliphatic hydroxyl groups excluding tert-OH is 1. The van der Waals surface area contributed by atoms with Crippen LogP contribution < -0.4 is 4.74 Å². The predicted molar refractivity (Wildman–Crippen MR) is 138 cm³/mol. The Labute approximate surface area is 207 Å². The van der Waals surface area contributed by atoms with Crippen molar-refractivity contribution in [2.24, 2.45) is 0 Å². The van der Waals surface area contributed by atoms with Crippen LogP contribution in [0.3, 0.4) is 0 Å². The third kappa shape index (κ3) is 4.80. The van der Waals surface area contributed by atoms with Crippen LogP contribution in [0.15, 0.2) is 79.3 Å². The number of benzene rings is 2. The molecule has 0 aliphatic heterocycles. The first kappa shape index (κ1) is 22.8. The standard InChI is InChI=1S/C27H24N4O3S/c32-13-1-2-14-34-21-9-7-19(8-10-21)18-3-5-20(6-4-18)24-15-25(31-26(33)17-29-27(31)35)22-16-28-12-11-23(22)30-24/h3-12,15-17,32-33H,1-2,13-14H2,(H,29,35). The van der Waals surface area contributed by atoms with E-state index in [2.05, 4.69) is 22.1 Å². The molecule has 0 aliphatic carbocycles. The van der Waals surface area contributed by atoms with Crippen molar-refractivity contribution >= 4 is 23.1 Å². The summed E-state index contributed by atoms with van der Waals surface area (Å²) >= 11 is 5.38. The summed E-state index contributed by atoms with van der Waals surface area (Å²) in [6.07, 6.45) is 6.46. The largest absolute Gasteiger partial charge is 0.494 e. The molecule has 3 aromatic heterocycles. The number of aromatic hydroxyl groups is 1. The Hall–Kier alpha value is -4.01. The van der Waals surface area contributed by atoms with Crippen LogP contribution in [0.1, 0.15) is 12.8 Å². The molecule has 0 fully saturated rings. The van der Waals surface area contributed by atoms with Crippen molar-refractivity contribution in [3.63, 3.8) is 0 Å². The third-order valence-electron chi connectivity index (χ3n) is 5.78. The lowest BCUT2D eigenvalue weighted by atomic mass is 10.0. The number of hydrogen-bond acceptors (Lipinski definition) is 6. The van der Waals surface area contributed by atoms with Crippen molar-refractivity contribution in [3.05, 3.63) is 84.0 Å². The highest BCUT2D eigenvalue weighted by Gasteiger charge is 2.13. The number of aliphatic hydroxyl groups is 1. The molecule has 2 aromatic carbocycles. The SMILES string of the molecule is OCCCCOc1ccc(-c2ccc(-c3cc(-n4c(O)c[nH]c4=S)c4cnccc4n3)cc2)cc1. The second-order valence-corrected chi connectivity index (χ2v) is 8.47. The zero-order chi connectivity index (χ0) is 24.2. The van der Waals surface area contributed by atoms with Crippen LogP contribution in [0.4, 0.5) is 0 Å². The van der Waals surface area contributed by atoms with Gasteiger partial charge in [0.1, 0.15) is 5.75 Å². The van der Waals surface area contributed by atoms with E-state index in [0.717, 1.165) is 51.9 Å². The van der Waals surface area contributed by atoms with E-state index in [0.29, 0.717) is 17.1 Å². The maximum Gasteiger partial charge on any atom is 0.214 e. The van der Waals surface area contributed by atoms with E-state index in [1.54, 1.807) is 17.0 Å². The van der Waals surface area contributed by atoms with Crippen molar-refractivity contribution in [2.75, 3.05) is 13.2 Å². The summed E-state index contributed by atoms with van der Waals surface area (Å²) in [4.78, 5) is 11.9. The summed E-state index contributed by atoms with van der Waals surface area (Å²) < 4.78 is 7.68. The molecule has 0 atom stereocenters. The third-order valence-corrected chi connectivity index (χ3v) is 6.08. The van der Waals surface area contributed by atoms with E-state index in [9.17, 15) is 5.11 Å². The van der Waals surface area contributed by atoms with Gasteiger partial charge in [-0.25, -0.2) is 4.98 Å². The monoisotopic (exact) mass is 484 g/mol. The molecule has 0 saturated heterocycles. The van der Waals surface area contributed by atoms with E-state index >= 15 is 0 Å². The van der Waals surface area contributed by atoms with Crippen molar-refractivity contribution in [1.29, 1.82) is 0 Å². The van der Waals surface area contributed by atoms with Gasteiger partial charge in [-0.1, -0.05) is 36.4 Å². The number of fused-ring (bicyclic) bond motifs is 1. The van der Waals surface area contributed by atoms with Gasteiger partial charge in [0.05, 0.1) is 29.7 Å². The van der Waals surface area contributed by atoms with Crippen molar-refractivity contribution in [3.8, 4) is 39.7 Å². The van der Waals surface area contributed by atoms with Gasteiger partial charge in [-0.2, -0.15) is 0 Å². The second kappa shape index (κ2) is 10.1. The Balaban J connectivity index is 1.44. The number of hydrogen-bond donors (Lipinski definition) is 3. The molecule has 8 heteroatoms. The van der Waals surface area contributed by atoms with Crippen molar-refractivity contribution in [2.45, 2.75) is 12.8 Å². The Morgan fingerprint density at radius 1 is 0.943 bits per heavy atom. The Kier molecular flexibility index (Phi) is 6.56. The molecule has 0 unspecified atom stereocenters. The lowest BCUT2D eigenvalue weighted by Gasteiger charge is -2.12. The fraction of sp³-hybridized carbons (Fsp3) is 0.148. The fourth-order valence-electron chi connectivity index (χ4n) is 3.96. The number of aromatic nitrogens is 4. The van der Waals surface area contributed by atoms with E-state index < -0.39 is 0 Å². The van der Waals surface area contributed by atoms with Gasteiger partial charge in [-0.3, -0.25) is 9.55 Å². The minimum Gasteiger partial charge on any atom is -0.494 e. The predicted octanol–water partition coefficient (Wildman–Crippen LogP) is 5.67. The first-order chi connectivity index (χ1) is 17.1. The maximum absolute atomic E-state index is 10.4. The number of nitrogens with one attached hydrogen (secondary N) is 1. The van der Waals surface area contributed by atoms with Gasteiger partial charge in [0.2, 0.25) is 5.88 Å². The molecule has 5 aromatic rings.